The van der Waals surface area contributed by atoms with Crippen LogP contribution in [-0.4, -0.2) is 44.0 Å². The summed E-state index contributed by atoms with van der Waals surface area (Å²) in [7, 11) is 3.40. The second-order valence-corrected chi connectivity index (χ2v) is 6.63. The predicted octanol–water partition coefficient (Wildman–Crippen LogP) is 2.38. The molecule has 2 rings (SSSR count). The Labute approximate surface area is 175 Å². The molecule has 0 saturated carbocycles. The minimum absolute atomic E-state index is 0. The molecular formula is C18H26IN5OS. The van der Waals surface area contributed by atoms with Gasteiger partial charge in [0.1, 0.15) is 0 Å². The molecule has 1 amide bonds. The lowest BCUT2D eigenvalue weighted by molar-refractivity contribution is 0.0963. The van der Waals surface area contributed by atoms with Crippen molar-refractivity contribution < 1.29 is 4.79 Å². The lowest BCUT2D eigenvalue weighted by Gasteiger charge is -2.11. The summed E-state index contributed by atoms with van der Waals surface area (Å²) in [5.41, 5.74) is 2.90. The maximum Gasteiger partial charge on any atom is 0.251 e. The first-order valence-electron chi connectivity index (χ1n) is 8.29. The zero-order chi connectivity index (χ0) is 18.1. The number of hydrogen-bond acceptors (Lipinski definition) is 4. The third-order valence-corrected chi connectivity index (χ3v) is 4.51. The van der Waals surface area contributed by atoms with Crippen molar-refractivity contribution in [3.05, 3.63) is 51.5 Å². The topological polar surface area (TPSA) is 78.4 Å². The molecule has 0 radical (unpaired) electrons. The van der Waals surface area contributed by atoms with Crippen LogP contribution in [0.4, 0.5) is 0 Å². The van der Waals surface area contributed by atoms with Gasteiger partial charge in [-0.05, 0) is 31.0 Å². The van der Waals surface area contributed by atoms with E-state index in [1.807, 2.05) is 31.2 Å². The number of amides is 1. The van der Waals surface area contributed by atoms with Crippen LogP contribution in [0.2, 0.25) is 0 Å². The molecule has 26 heavy (non-hydrogen) atoms. The Balaban J connectivity index is 0.00000338. The van der Waals surface area contributed by atoms with Gasteiger partial charge >= 0.3 is 0 Å². The molecular weight excluding hydrogens is 461 g/mol. The van der Waals surface area contributed by atoms with Crippen LogP contribution in [0.15, 0.2) is 34.6 Å². The fraction of sp³-hybridized carbons (Fsp3) is 0.389. The van der Waals surface area contributed by atoms with E-state index in [-0.39, 0.29) is 29.9 Å². The lowest BCUT2D eigenvalue weighted by Crippen LogP contribution is -2.39. The number of carbonyl (C=O) groups is 1. The molecule has 2 aromatic rings. The number of nitrogens with zero attached hydrogens (tertiary/aromatic N) is 2. The molecule has 1 heterocycles. The number of guanidine groups is 1. The third-order valence-electron chi connectivity index (χ3n) is 3.69. The quantitative estimate of drug-likeness (QED) is 0.319. The highest BCUT2D eigenvalue weighted by molar-refractivity contribution is 14.0. The summed E-state index contributed by atoms with van der Waals surface area (Å²) in [5, 5.41) is 12.4. The van der Waals surface area contributed by atoms with Gasteiger partial charge in [-0.2, -0.15) is 0 Å². The molecule has 1 aromatic carbocycles. The number of carbonyl (C=O) groups excluding carboxylic acids is 1. The zero-order valence-electron chi connectivity index (χ0n) is 15.3. The lowest BCUT2D eigenvalue weighted by atomic mass is 10.1. The number of aromatic nitrogens is 1. The predicted molar refractivity (Wildman–Crippen MR) is 119 cm³/mol. The van der Waals surface area contributed by atoms with Gasteiger partial charge in [0.05, 0.1) is 10.7 Å². The second kappa shape index (κ2) is 11.8. The highest BCUT2D eigenvalue weighted by Gasteiger charge is 2.04. The molecule has 6 nitrogen and oxygen atoms in total. The van der Waals surface area contributed by atoms with Gasteiger partial charge in [0.2, 0.25) is 0 Å². The van der Waals surface area contributed by atoms with Crippen molar-refractivity contribution in [3.63, 3.8) is 0 Å². The van der Waals surface area contributed by atoms with E-state index in [2.05, 4.69) is 31.3 Å². The maximum absolute atomic E-state index is 11.7. The Kier molecular flexibility index (Phi) is 10.2. The van der Waals surface area contributed by atoms with Gasteiger partial charge in [-0.15, -0.1) is 35.3 Å². The number of rotatable bonds is 7. The normalized spacial score (nSPS) is 10.8. The summed E-state index contributed by atoms with van der Waals surface area (Å²) in [5.74, 6) is 0.707. The molecule has 3 N–H and O–H groups in total. The minimum Gasteiger partial charge on any atom is -0.356 e. The van der Waals surface area contributed by atoms with Gasteiger partial charge in [-0.1, -0.05) is 12.1 Å². The van der Waals surface area contributed by atoms with Crippen LogP contribution in [0.25, 0.3) is 0 Å². The van der Waals surface area contributed by atoms with Gasteiger partial charge in [-0.25, -0.2) is 4.98 Å². The molecule has 0 aliphatic heterocycles. The molecule has 0 fully saturated rings. The fourth-order valence-corrected chi connectivity index (χ4v) is 3.04. The van der Waals surface area contributed by atoms with Crippen molar-refractivity contribution in [1.82, 2.24) is 20.9 Å². The molecule has 142 valence electrons. The van der Waals surface area contributed by atoms with Crippen LogP contribution in [-0.2, 0) is 12.8 Å². The smallest absolute Gasteiger partial charge is 0.251 e. The standard InChI is InChI=1S/C18H25N5OS.HI/c1-13-23-16(12-25-13)8-10-22-18(20-3)21-9-7-14-5-4-6-15(11-14)17(24)19-2;/h4-6,11-12H,7-10H2,1-3H3,(H,19,24)(H2,20,21,22);1H. The van der Waals surface area contributed by atoms with Crippen LogP contribution in [0.1, 0.15) is 26.6 Å². The highest BCUT2D eigenvalue weighted by atomic mass is 127. The molecule has 0 aliphatic carbocycles. The van der Waals surface area contributed by atoms with Gasteiger partial charge < -0.3 is 16.0 Å². The molecule has 1 aromatic heterocycles. The minimum atomic E-state index is -0.0652. The van der Waals surface area contributed by atoms with Crippen molar-refractivity contribution in [3.8, 4) is 0 Å². The average Bonchev–Trinajstić information content (AvgIpc) is 3.05. The Morgan fingerprint density at radius 1 is 1.23 bits per heavy atom. The van der Waals surface area contributed by atoms with E-state index < -0.39 is 0 Å². The number of aryl methyl sites for hydroxylation is 1. The number of halogens is 1. The first kappa shape index (κ1) is 22.4. The summed E-state index contributed by atoms with van der Waals surface area (Å²) in [6.45, 7) is 3.54. The molecule has 0 aliphatic rings. The number of nitrogens with one attached hydrogen (secondary N) is 3. The van der Waals surface area contributed by atoms with E-state index in [1.54, 1.807) is 25.4 Å². The fourth-order valence-electron chi connectivity index (χ4n) is 2.39. The van der Waals surface area contributed by atoms with E-state index >= 15 is 0 Å². The van der Waals surface area contributed by atoms with E-state index in [9.17, 15) is 4.79 Å². The highest BCUT2D eigenvalue weighted by Crippen LogP contribution is 2.08. The molecule has 0 saturated heterocycles. The third kappa shape index (κ3) is 7.28. The largest absolute Gasteiger partial charge is 0.356 e. The summed E-state index contributed by atoms with van der Waals surface area (Å²) < 4.78 is 0. The van der Waals surface area contributed by atoms with Crippen molar-refractivity contribution in [2.45, 2.75) is 19.8 Å². The summed E-state index contributed by atoms with van der Waals surface area (Å²) in [6, 6.07) is 7.66. The number of aliphatic imine (C=N–C) groups is 1. The summed E-state index contributed by atoms with van der Waals surface area (Å²) in [4.78, 5) is 20.3. The van der Waals surface area contributed by atoms with Crippen molar-refractivity contribution >= 4 is 47.2 Å². The first-order valence-corrected chi connectivity index (χ1v) is 9.17. The number of thiazole rings is 1. The Bertz CT molecular complexity index is 732. The first-order chi connectivity index (χ1) is 12.1. The SMILES string of the molecule is CN=C(NCCc1cccc(C(=O)NC)c1)NCCc1csc(C)n1.I. The van der Waals surface area contributed by atoms with Crippen molar-refractivity contribution in [1.29, 1.82) is 0 Å². The number of benzene rings is 1. The van der Waals surface area contributed by atoms with E-state index in [0.29, 0.717) is 5.56 Å². The Hall–Kier alpha value is -1.68. The maximum atomic E-state index is 11.7. The molecule has 0 bridgehead atoms. The van der Waals surface area contributed by atoms with Crippen LogP contribution in [0.3, 0.4) is 0 Å². The van der Waals surface area contributed by atoms with Crippen LogP contribution in [0.5, 0.6) is 0 Å². The van der Waals surface area contributed by atoms with Crippen LogP contribution < -0.4 is 16.0 Å². The van der Waals surface area contributed by atoms with Gasteiger partial charge in [-0.3, -0.25) is 9.79 Å². The summed E-state index contributed by atoms with van der Waals surface area (Å²) in [6.07, 6.45) is 1.69. The van der Waals surface area contributed by atoms with Crippen molar-refractivity contribution in [2.75, 3.05) is 27.2 Å². The van der Waals surface area contributed by atoms with Crippen molar-refractivity contribution in [2.24, 2.45) is 4.99 Å². The van der Waals surface area contributed by atoms with E-state index in [4.69, 9.17) is 0 Å². The van der Waals surface area contributed by atoms with Crippen LogP contribution >= 0.6 is 35.3 Å². The Morgan fingerprint density at radius 2 is 1.96 bits per heavy atom. The molecule has 8 heteroatoms. The van der Waals surface area contributed by atoms with Gasteiger partial charge in [0.15, 0.2) is 5.96 Å². The summed E-state index contributed by atoms with van der Waals surface area (Å²) >= 11 is 1.67. The van der Waals surface area contributed by atoms with Crippen LogP contribution in [0, 0.1) is 6.92 Å². The second-order valence-electron chi connectivity index (χ2n) is 5.56. The van der Waals surface area contributed by atoms with Gasteiger partial charge in [0, 0.05) is 44.5 Å². The van der Waals surface area contributed by atoms with E-state index in [0.717, 1.165) is 48.2 Å². The zero-order valence-corrected chi connectivity index (χ0v) is 18.5. The Morgan fingerprint density at radius 3 is 2.58 bits per heavy atom. The monoisotopic (exact) mass is 487 g/mol. The molecule has 0 atom stereocenters. The van der Waals surface area contributed by atoms with E-state index in [1.165, 1.54) is 0 Å². The molecule has 0 unspecified atom stereocenters. The number of hydrogen-bond donors (Lipinski definition) is 3. The van der Waals surface area contributed by atoms with Gasteiger partial charge in [0.25, 0.3) is 5.91 Å². The average molecular weight is 487 g/mol. The molecule has 0 spiro atoms.